The first-order valence-corrected chi connectivity index (χ1v) is 18.6. The summed E-state index contributed by atoms with van der Waals surface area (Å²) in [6.07, 6.45) is 0. The molecule has 55 heavy (non-hydrogen) atoms. The number of nitrogens with zero attached hydrogens (tertiary/aromatic N) is 4. The van der Waals surface area contributed by atoms with E-state index in [9.17, 15) is 0 Å². The van der Waals surface area contributed by atoms with E-state index in [1.54, 1.807) is 0 Å². The molecule has 0 atom stereocenters. The van der Waals surface area contributed by atoms with E-state index in [1.165, 1.54) is 27.4 Å². The number of fused-ring (bicyclic) bond motifs is 11. The van der Waals surface area contributed by atoms with Crippen LogP contribution >= 0.6 is 0 Å². The number of hydrogen-bond donors (Lipinski definition) is 0. The fourth-order valence-electron chi connectivity index (χ4n) is 8.65. The van der Waals surface area contributed by atoms with Gasteiger partial charge in [0.15, 0.2) is 5.58 Å². The summed E-state index contributed by atoms with van der Waals surface area (Å²) in [5.41, 5.74) is 12.3. The van der Waals surface area contributed by atoms with Gasteiger partial charge in [0.25, 0.3) is 0 Å². The summed E-state index contributed by atoms with van der Waals surface area (Å²) in [4.78, 5) is 10.7. The molecule has 12 aromatic rings. The van der Waals surface area contributed by atoms with Crippen LogP contribution in [0.2, 0.25) is 0 Å². The van der Waals surface area contributed by atoms with Crippen LogP contribution in [0.15, 0.2) is 186 Å². The second-order valence-electron chi connectivity index (χ2n) is 14.2. The molecule has 0 spiro atoms. The summed E-state index contributed by atoms with van der Waals surface area (Å²) in [5.74, 6) is 0.605. The number of aromatic nitrogens is 4. The van der Waals surface area contributed by atoms with E-state index in [-0.39, 0.29) is 0 Å². The van der Waals surface area contributed by atoms with Crippen molar-refractivity contribution in [3.8, 4) is 34.0 Å². The van der Waals surface area contributed by atoms with Gasteiger partial charge in [-0.3, -0.25) is 4.57 Å². The third kappa shape index (κ3) is 4.41. The molecule has 0 aliphatic rings. The van der Waals surface area contributed by atoms with Gasteiger partial charge in [0.1, 0.15) is 11.1 Å². The highest BCUT2D eigenvalue weighted by atomic mass is 16.3. The maximum Gasteiger partial charge on any atom is 0.235 e. The minimum atomic E-state index is 0.605. The summed E-state index contributed by atoms with van der Waals surface area (Å²) < 4.78 is 11.1. The molecule has 0 bridgehead atoms. The van der Waals surface area contributed by atoms with E-state index >= 15 is 0 Å². The summed E-state index contributed by atoms with van der Waals surface area (Å²) in [7, 11) is 0. The third-order valence-corrected chi connectivity index (χ3v) is 11.1. The van der Waals surface area contributed by atoms with Gasteiger partial charge in [0.05, 0.1) is 27.8 Å². The molecule has 0 amide bonds. The van der Waals surface area contributed by atoms with Crippen LogP contribution in [0.3, 0.4) is 0 Å². The summed E-state index contributed by atoms with van der Waals surface area (Å²) in [6, 6.07) is 64.3. The molecule has 0 aliphatic heterocycles. The van der Waals surface area contributed by atoms with Gasteiger partial charge in [-0.15, -0.1) is 0 Å². The van der Waals surface area contributed by atoms with Gasteiger partial charge in [-0.25, -0.2) is 9.97 Å². The Bertz CT molecular complexity index is 3480. The molecular weight excluding hydrogens is 673 g/mol. The molecule has 0 saturated heterocycles. The molecule has 0 radical (unpaired) electrons. The van der Waals surface area contributed by atoms with Gasteiger partial charge in [-0.1, -0.05) is 115 Å². The maximum atomic E-state index is 6.55. The van der Waals surface area contributed by atoms with Crippen LogP contribution in [0.4, 0.5) is 0 Å². The van der Waals surface area contributed by atoms with Crippen LogP contribution in [0.1, 0.15) is 0 Å². The SMILES string of the molecule is c1ccc(-c2nc(-n3c4ccccc4c4cc(-c5ccc6c(c5)c5ccccc5n6-c5ccccc5)ccc43)nc3c2ccc2c4ccccc4oc23)cc1. The van der Waals surface area contributed by atoms with Gasteiger partial charge >= 0.3 is 0 Å². The molecule has 4 aromatic heterocycles. The first-order chi connectivity index (χ1) is 27.3. The van der Waals surface area contributed by atoms with Gasteiger partial charge in [-0.2, -0.15) is 0 Å². The van der Waals surface area contributed by atoms with Crippen molar-refractivity contribution in [3.05, 3.63) is 182 Å². The van der Waals surface area contributed by atoms with Gasteiger partial charge in [0.2, 0.25) is 5.95 Å². The van der Waals surface area contributed by atoms with Crippen molar-refractivity contribution in [1.82, 2.24) is 19.1 Å². The fraction of sp³-hybridized carbons (Fsp3) is 0. The molecule has 0 N–H and O–H groups in total. The molecule has 12 rings (SSSR count). The molecule has 5 nitrogen and oxygen atoms in total. The number of furan rings is 1. The van der Waals surface area contributed by atoms with Crippen molar-refractivity contribution in [3.63, 3.8) is 0 Å². The van der Waals surface area contributed by atoms with E-state index in [0.29, 0.717) is 5.95 Å². The summed E-state index contributed by atoms with van der Waals surface area (Å²) in [5, 5.41) is 7.83. The standard InChI is InChI=1S/C50H30N4O/c1-3-13-31(14-4-1)47-39-26-25-38-37-19-9-12-22-46(37)55-49(38)48(39)52-50(51-47)54-43-21-11-8-18-36(43)41-30-33(24-28-45(41)54)32-23-27-44-40(29-32)35-17-7-10-20-42(35)53(44)34-15-5-2-6-16-34/h1-30H. The Morgan fingerprint density at radius 3 is 1.62 bits per heavy atom. The van der Waals surface area contributed by atoms with Crippen LogP contribution in [-0.4, -0.2) is 19.1 Å². The molecule has 0 fully saturated rings. The second kappa shape index (κ2) is 11.5. The average Bonchev–Trinajstić information content (AvgIpc) is 3.91. The lowest BCUT2D eigenvalue weighted by molar-refractivity contribution is 0.671. The Hall–Kier alpha value is -7.50. The largest absolute Gasteiger partial charge is 0.454 e. The Morgan fingerprint density at radius 2 is 0.909 bits per heavy atom. The number of benzene rings is 8. The monoisotopic (exact) mass is 702 g/mol. The quantitative estimate of drug-likeness (QED) is 0.183. The third-order valence-electron chi connectivity index (χ3n) is 11.1. The first kappa shape index (κ1) is 30.0. The van der Waals surface area contributed by atoms with Crippen LogP contribution in [0.25, 0.3) is 110 Å². The fourth-order valence-corrected chi connectivity index (χ4v) is 8.65. The predicted molar refractivity (Wildman–Crippen MR) is 226 cm³/mol. The van der Waals surface area contributed by atoms with Crippen molar-refractivity contribution in [2.75, 3.05) is 0 Å². The van der Waals surface area contributed by atoms with Gasteiger partial charge < -0.3 is 8.98 Å². The Kier molecular flexibility index (Phi) is 6.27. The van der Waals surface area contributed by atoms with E-state index in [4.69, 9.17) is 14.4 Å². The average molecular weight is 703 g/mol. The van der Waals surface area contributed by atoms with Crippen LogP contribution < -0.4 is 0 Å². The smallest absolute Gasteiger partial charge is 0.235 e. The summed E-state index contributed by atoms with van der Waals surface area (Å²) >= 11 is 0. The lowest BCUT2D eigenvalue weighted by Crippen LogP contribution is -2.03. The molecule has 8 aromatic carbocycles. The van der Waals surface area contributed by atoms with Crippen molar-refractivity contribution >= 4 is 76.5 Å². The zero-order valence-corrected chi connectivity index (χ0v) is 29.5. The zero-order valence-electron chi connectivity index (χ0n) is 29.5. The van der Waals surface area contributed by atoms with Crippen molar-refractivity contribution < 1.29 is 4.42 Å². The molecule has 256 valence electrons. The second-order valence-corrected chi connectivity index (χ2v) is 14.2. The van der Waals surface area contributed by atoms with Crippen LogP contribution in [0.5, 0.6) is 0 Å². The minimum Gasteiger partial charge on any atom is -0.454 e. The van der Waals surface area contributed by atoms with Gasteiger partial charge in [0, 0.05) is 49.0 Å². The van der Waals surface area contributed by atoms with E-state index in [0.717, 1.165) is 77.2 Å². The highest BCUT2D eigenvalue weighted by molar-refractivity contribution is 6.16. The molecular formula is C50H30N4O. The highest BCUT2D eigenvalue weighted by Crippen LogP contribution is 2.40. The minimum absolute atomic E-state index is 0.605. The maximum absolute atomic E-state index is 6.55. The van der Waals surface area contributed by atoms with E-state index in [1.807, 2.05) is 18.2 Å². The van der Waals surface area contributed by atoms with Crippen molar-refractivity contribution in [1.29, 1.82) is 0 Å². The predicted octanol–water partition coefficient (Wildman–Crippen LogP) is 13.1. The number of rotatable bonds is 4. The van der Waals surface area contributed by atoms with E-state index in [2.05, 4.69) is 173 Å². The van der Waals surface area contributed by atoms with Crippen LogP contribution in [-0.2, 0) is 0 Å². The molecule has 5 heteroatoms. The van der Waals surface area contributed by atoms with Crippen molar-refractivity contribution in [2.24, 2.45) is 0 Å². The lowest BCUT2D eigenvalue weighted by atomic mass is 10.0. The Morgan fingerprint density at radius 1 is 0.364 bits per heavy atom. The molecule has 4 heterocycles. The topological polar surface area (TPSA) is 48.8 Å². The highest BCUT2D eigenvalue weighted by Gasteiger charge is 2.21. The van der Waals surface area contributed by atoms with E-state index < -0.39 is 0 Å². The number of hydrogen-bond acceptors (Lipinski definition) is 3. The number of para-hydroxylation sites is 4. The van der Waals surface area contributed by atoms with Crippen molar-refractivity contribution in [2.45, 2.75) is 0 Å². The zero-order chi connectivity index (χ0) is 36.0. The van der Waals surface area contributed by atoms with Gasteiger partial charge in [-0.05, 0) is 77.9 Å². The van der Waals surface area contributed by atoms with Crippen LogP contribution in [0, 0.1) is 0 Å². The molecule has 0 unspecified atom stereocenters. The lowest BCUT2D eigenvalue weighted by Gasteiger charge is -2.12. The summed E-state index contributed by atoms with van der Waals surface area (Å²) in [6.45, 7) is 0. The first-order valence-electron chi connectivity index (χ1n) is 18.6. The molecule has 0 aliphatic carbocycles. The Labute approximate surface area is 315 Å². The molecule has 0 saturated carbocycles. The normalized spacial score (nSPS) is 12.0. The Balaban J connectivity index is 1.09.